The fourth-order valence-electron chi connectivity index (χ4n) is 3.35. The van der Waals surface area contributed by atoms with E-state index in [4.69, 9.17) is 9.15 Å². The van der Waals surface area contributed by atoms with Crippen molar-refractivity contribution < 1.29 is 13.9 Å². The molecule has 0 aliphatic heterocycles. The topological polar surface area (TPSA) is 39.4 Å². The van der Waals surface area contributed by atoms with E-state index in [1.165, 1.54) is 5.39 Å². The number of fused-ring (bicyclic) bond motifs is 3. The predicted octanol–water partition coefficient (Wildman–Crippen LogP) is 5.74. The van der Waals surface area contributed by atoms with Gasteiger partial charge in [-0.25, -0.2) is 4.79 Å². The van der Waals surface area contributed by atoms with Crippen LogP contribution in [0, 0.1) is 6.92 Å². The van der Waals surface area contributed by atoms with Gasteiger partial charge in [-0.15, -0.1) is 0 Å². The van der Waals surface area contributed by atoms with E-state index >= 15 is 0 Å². The van der Waals surface area contributed by atoms with E-state index in [1.54, 1.807) is 6.07 Å². The van der Waals surface area contributed by atoms with Gasteiger partial charge in [0.15, 0.2) is 0 Å². The molecule has 3 heteroatoms. The number of esters is 1. The Balaban J connectivity index is 1.98. The summed E-state index contributed by atoms with van der Waals surface area (Å²) in [5, 5.41) is 3.39. The van der Waals surface area contributed by atoms with Crippen molar-refractivity contribution in [2.45, 2.75) is 13.8 Å². The quantitative estimate of drug-likeness (QED) is 0.450. The fourth-order valence-corrected chi connectivity index (χ4v) is 3.35. The lowest BCUT2D eigenvalue weighted by Gasteiger charge is -2.06. The second-order valence-electron chi connectivity index (χ2n) is 5.99. The third kappa shape index (κ3) is 2.58. The van der Waals surface area contributed by atoms with Crippen LogP contribution in [-0.4, -0.2) is 12.6 Å². The monoisotopic (exact) mass is 330 g/mol. The van der Waals surface area contributed by atoms with E-state index in [0.717, 1.165) is 33.2 Å². The van der Waals surface area contributed by atoms with Gasteiger partial charge in [-0.1, -0.05) is 42.5 Å². The van der Waals surface area contributed by atoms with Crippen LogP contribution in [0.1, 0.15) is 23.0 Å². The van der Waals surface area contributed by atoms with Crippen LogP contribution in [-0.2, 0) is 4.74 Å². The van der Waals surface area contributed by atoms with Gasteiger partial charge in [0.05, 0.1) is 12.2 Å². The first-order valence-electron chi connectivity index (χ1n) is 8.37. The van der Waals surface area contributed by atoms with Crippen LogP contribution >= 0.6 is 0 Å². The van der Waals surface area contributed by atoms with Crippen molar-refractivity contribution in [2.75, 3.05) is 6.61 Å². The molecule has 0 fully saturated rings. The molecule has 0 aliphatic rings. The van der Waals surface area contributed by atoms with Crippen LogP contribution in [0.25, 0.3) is 32.9 Å². The van der Waals surface area contributed by atoms with Gasteiger partial charge >= 0.3 is 5.97 Å². The Labute approximate surface area is 145 Å². The highest BCUT2D eigenvalue weighted by molar-refractivity contribution is 6.13. The van der Waals surface area contributed by atoms with Gasteiger partial charge in [0.1, 0.15) is 11.3 Å². The molecule has 0 saturated heterocycles. The lowest BCUT2D eigenvalue weighted by molar-refractivity contribution is 0.0526. The summed E-state index contributed by atoms with van der Waals surface area (Å²) < 4.78 is 11.1. The number of carbonyl (C=O) groups is 1. The van der Waals surface area contributed by atoms with Gasteiger partial charge < -0.3 is 9.15 Å². The minimum absolute atomic E-state index is 0.306. The second kappa shape index (κ2) is 6.10. The summed E-state index contributed by atoms with van der Waals surface area (Å²) in [6, 6.07) is 19.9. The minimum Gasteiger partial charge on any atom is -0.462 e. The highest BCUT2D eigenvalue weighted by atomic mass is 16.5. The summed E-state index contributed by atoms with van der Waals surface area (Å²) >= 11 is 0. The zero-order valence-electron chi connectivity index (χ0n) is 14.2. The molecule has 0 amide bonds. The Morgan fingerprint density at radius 2 is 1.88 bits per heavy atom. The normalized spacial score (nSPS) is 11.1. The lowest BCUT2D eigenvalue weighted by Crippen LogP contribution is -2.04. The van der Waals surface area contributed by atoms with Crippen LogP contribution in [0.3, 0.4) is 0 Å². The van der Waals surface area contributed by atoms with Gasteiger partial charge in [0, 0.05) is 10.9 Å². The minimum atomic E-state index is -0.306. The third-order valence-corrected chi connectivity index (χ3v) is 4.42. The molecule has 0 aliphatic carbocycles. The molecule has 124 valence electrons. The molecule has 0 N–H and O–H groups in total. The predicted molar refractivity (Wildman–Crippen MR) is 99.8 cm³/mol. The van der Waals surface area contributed by atoms with Gasteiger partial charge in [0.25, 0.3) is 0 Å². The van der Waals surface area contributed by atoms with E-state index in [-0.39, 0.29) is 5.97 Å². The van der Waals surface area contributed by atoms with Crippen molar-refractivity contribution in [3.8, 4) is 11.1 Å². The van der Waals surface area contributed by atoms with E-state index < -0.39 is 0 Å². The zero-order valence-corrected chi connectivity index (χ0v) is 14.2. The molecule has 0 saturated carbocycles. The van der Waals surface area contributed by atoms with Crippen molar-refractivity contribution in [1.82, 2.24) is 0 Å². The Morgan fingerprint density at radius 3 is 2.72 bits per heavy atom. The number of rotatable bonds is 3. The summed E-state index contributed by atoms with van der Waals surface area (Å²) in [7, 11) is 0. The highest BCUT2D eigenvalue weighted by Gasteiger charge is 2.17. The van der Waals surface area contributed by atoms with Gasteiger partial charge in [-0.3, -0.25) is 0 Å². The summed E-state index contributed by atoms with van der Waals surface area (Å²) in [6.45, 7) is 4.13. The van der Waals surface area contributed by atoms with Gasteiger partial charge in [-0.2, -0.15) is 0 Å². The number of hydrogen-bond acceptors (Lipinski definition) is 3. The first-order valence-corrected chi connectivity index (χ1v) is 8.37. The average Bonchev–Trinajstić information content (AvgIpc) is 2.98. The number of ether oxygens (including phenoxy) is 1. The van der Waals surface area contributed by atoms with E-state index in [0.29, 0.717) is 12.2 Å². The number of benzene rings is 3. The van der Waals surface area contributed by atoms with Crippen molar-refractivity contribution in [1.29, 1.82) is 0 Å². The third-order valence-electron chi connectivity index (χ3n) is 4.42. The molecule has 1 heterocycles. The number of aryl methyl sites for hydroxylation is 1. The van der Waals surface area contributed by atoms with Crippen LogP contribution < -0.4 is 0 Å². The molecular formula is C22H18O3. The molecule has 0 atom stereocenters. The summed E-state index contributed by atoms with van der Waals surface area (Å²) in [5.41, 5.74) is 3.39. The van der Waals surface area contributed by atoms with Crippen LogP contribution in [0.15, 0.2) is 65.1 Å². The molecule has 3 aromatic carbocycles. The molecule has 0 radical (unpaired) electrons. The SMILES string of the molecule is CCOC(=O)c1cccc(-c2c(C)oc3ccc4ccccc4c23)c1. The van der Waals surface area contributed by atoms with E-state index in [1.807, 2.05) is 50.2 Å². The van der Waals surface area contributed by atoms with Crippen LogP contribution in [0.5, 0.6) is 0 Å². The molecule has 4 aromatic rings. The molecule has 4 rings (SSSR count). The average molecular weight is 330 g/mol. The van der Waals surface area contributed by atoms with E-state index in [9.17, 15) is 4.79 Å². The Kier molecular flexibility index (Phi) is 3.77. The summed E-state index contributed by atoms with van der Waals surface area (Å²) in [4.78, 5) is 12.1. The van der Waals surface area contributed by atoms with Crippen molar-refractivity contribution in [3.63, 3.8) is 0 Å². The van der Waals surface area contributed by atoms with Gasteiger partial charge in [0.2, 0.25) is 0 Å². The molecule has 25 heavy (non-hydrogen) atoms. The Hall–Kier alpha value is -3.07. The molecule has 0 spiro atoms. The fraction of sp³-hybridized carbons (Fsp3) is 0.136. The number of furan rings is 1. The first-order chi connectivity index (χ1) is 12.2. The summed E-state index contributed by atoms with van der Waals surface area (Å²) in [5.74, 6) is 0.534. The van der Waals surface area contributed by atoms with Crippen molar-refractivity contribution >= 4 is 27.7 Å². The largest absolute Gasteiger partial charge is 0.462 e. The standard InChI is InChI=1S/C22H18O3/c1-3-24-22(23)17-9-6-8-16(13-17)20-14(2)25-19-12-11-15-7-4-5-10-18(15)21(19)20/h4-13H,3H2,1-2H3. The molecule has 1 aromatic heterocycles. The Bertz CT molecular complexity index is 1090. The Morgan fingerprint density at radius 1 is 1.04 bits per heavy atom. The van der Waals surface area contributed by atoms with Crippen molar-refractivity contribution in [3.05, 3.63) is 72.0 Å². The first kappa shape index (κ1) is 15.5. The maximum absolute atomic E-state index is 12.1. The smallest absolute Gasteiger partial charge is 0.338 e. The molecular weight excluding hydrogens is 312 g/mol. The van der Waals surface area contributed by atoms with Crippen LogP contribution in [0.4, 0.5) is 0 Å². The zero-order chi connectivity index (χ0) is 17.4. The second-order valence-corrected chi connectivity index (χ2v) is 5.99. The molecule has 0 unspecified atom stereocenters. The maximum Gasteiger partial charge on any atom is 0.338 e. The van der Waals surface area contributed by atoms with Gasteiger partial charge in [-0.05, 0) is 48.4 Å². The van der Waals surface area contributed by atoms with Crippen molar-refractivity contribution in [2.24, 2.45) is 0 Å². The lowest BCUT2D eigenvalue weighted by atomic mass is 9.96. The maximum atomic E-state index is 12.1. The molecule has 0 bridgehead atoms. The van der Waals surface area contributed by atoms with E-state index in [2.05, 4.69) is 18.2 Å². The van der Waals surface area contributed by atoms with Crippen LogP contribution in [0.2, 0.25) is 0 Å². The number of hydrogen-bond donors (Lipinski definition) is 0. The number of carbonyl (C=O) groups excluding carboxylic acids is 1. The summed E-state index contributed by atoms with van der Waals surface area (Å²) in [6.07, 6.45) is 0. The highest BCUT2D eigenvalue weighted by Crippen LogP contribution is 2.39. The molecule has 3 nitrogen and oxygen atoms in total.